The maximum atomic E-state index is 8.74. The smallest absolute Gasteiger partial charge is 0.138 e. The van der Waals surface area contributed by atoms with Gasteiger partial charge in [-0.15, -0.1) is 0 Å². The zero-order valence-electron chi connectivity index (χ0n) is 12.4. The summed E-state index contributed by atoms with van der Waals surface area (Å²) in [7, 11) is 0. The van der Waals surface area contributed by atoms with Crippen LogP contribution in [0.2, 0.25) is 0 Å². The lowest BCUT2D eigenvalue weighted by atomic mass is 10.2. The van der Waals surface area contributed by atoms with Crippen molar-refractivity contribution in [3.8, 4) is 17.5 Å². The molecule has 114 valence electrons. The molecular formula is C17H15N5O. The van der Waals surface area contributed by atoms with Gasteiger partial charge >= 0.3 is 0 Å². The summed E-state index contributed by atoms with van der Waals surface area (Å²) in [6.07, 6.45) is 3.17. The predicted molar refractivity (Wildman–Crippen MR) is 86.5 cm³/mol. The van der Waals surface area contributed by atoms with Crippen molar-refractivity contribution in [1.29, 1.82) is 5.26 Å². The van der Waals surface area contributed by atoms with Crippen molar-refractivity contribution in [2.75, 3.05) is 18.5 Å². The molecular weight excluding hydrogens is 290 g/mol. The van der Waals surface area contributed by atoms with E-state index >= 15 is 0 Å². The second-order valence-electron chi connectivity index (χ2n) is 4.80. The number of nitrogens with one attached hydrogen (secondary N) is 1. The molecule has 2 aromatic carbocycles. The largest absolute Gasteiger partial charge is 0.492 e. The van der Waals surface area contributed by atoms with Crippen LogP contribution in [0.5, 0.6) is 5.75 Å². The molecule has 0 spiro atoms. The average Bonchev–Trinajstić information content (AvgIpc) is 3.14. The van der Waals surface area contributed by atoms with Gasteiger partial charge in [-0.1, -0.05) is 0 Å². The Bertz CT molecular complexity index is 773. The zero-order chi connectivity index (χ0) is 15.9. The van der Waals surface area contributed by atoms with Crippen molar-refractivity contribution in [2.24, 2.45) is 0 Å². The van der Waals surface area contributed by atoms with Gasteiger partial charge in [0.2, 0.25) is 0 Å². The third-order valence-electron chi connectivity index (χ3n) is 3.23. The molecule has 1 heterocycles. The Morgan fingerprint density at radius 2 is 1.87 bits per heavy atom. The summed E-state index contributed by atoms with van der Waals surface area (Å²) in [6.45, 7) is 1.22. The number of anilines is 1. The Balaban J connectivity index is 1.46. The SMILES string of the molecule is N#Cc1ccc(OCCNc2ccc(-n3cncn3)cc2)cc1. The lowest BCUT2D eigenvalue weighted by Crippen LogP contribution is -2.11. The highest BCUT2D eigenvalue weighted by atomic mass is 16.5. The lowest BCUT2D eigenvalue weighted by Gasteiger charge is -2.09. The molecule has 0 unspecified atom stereocenters. The number of nitrogens with zero attached hydrogens (tertiary/aromatic N) is 4. The topological polar surface area (TPSA) is 75.8 Å². The van der Waals surface area contributed by atoms with Crippen LogP contribution >= 0.6 is 0 Å². The zero-order valence-corrected chi connectivity index (χ0v) is 12.4. The fraction of sp³-hybridized carbons (Fsp3) is 0.118. The van der Waals surface area contributed by atoms with Crippen molar-refractivity contribution in [1.82, 2.24) is 14.8 Å². The van der Waals surface area contributed by atoms with Gasteiger partial charge in [-0.05, 0) is 48.5 Å². The molecule has 0 saturated carbocycles. The minimum absolute atomic E-state index is 0.538. The number of rotatable bonds is 6. The molecule has 0 atom stereocenters. The van der Waals surface area contributed by atoms with Gasteiger partial charge in [0.1, 0.15) is 25.0 Å². The van der Waals surface area contributed by atoms with Gasteiger partial charge in [-0.25, -0.2) is 9.67 Å². The Labute approximate surface area is 134 Å². The second kappa shape index (κ2) is 7.09. The Morgan fingerprint density at radius 1 is 1.09 bits per heavy atom. The molecule has 0 radical (unpaired) electrons. The van der Waals surface area contributed by atoms with Crippen LogP contribution in [-0.2, 0) is 0 Å². The molecule has 0 bridgehead atoms. The lowest BCUT2D eigenvalue weighted by molar-refractivity contribution is 0.333. The molecule has 3 aromatic rings. The summed E-state index contributed by atoms with van der Waals surface area (Å²) in [4.78, 5) is 3.92. The number of aromatic nitrogens is 3. The van der Waals surface area contributed by atoms with Crippen LogP contribution < -0.4 is 10.1 Å². The van der Waals surface area contributed by atoms with Gasteiger partial charge in [-0.2, -0.15) is 10.4 Å². The predicted octanol–water partition coefficient (Wildman–Crippen LogP) is 2.63. The summed E-state index contributed by atoms with van der Waals surface area (Å²) in [5.41, 5.74) is 2.60. The van der Waals surface area contributed by atoms with Gasteiger partial charge in [0.25, 0.3) is 0 Å². The highest BCUT2D eigenvalue weighted by molar-refractivity contribution is 5.48. The standard InChI is InChI=1S/C17H15N5O/c18-11-14-1-7-17(8-2-14)23-10-9-20-15-3-5-16(6-4-15)22-13-19-12-21-22/h1-8,12-13,20H,9-10H2. The first-order chi connectivity index (χ1) is 11.3. The maximum absolute atomic E-state index is 8.74. The molecule has 6 heteroatoms. The molecule has 3 rings (SSSR count). The molecule has 0 saturated heterocycles. The first-order valence-corrected chi connectivity index (χ1v) is 7.17. The quantitative estimate of drug-likeness (QED) is 0.708. The first kappa shape index (κ1) is 14.6. The fourth-order valence-corrected chi connectivity index (χ4v) is 2.06. The summed E-state index contributed by atoms with van der Waals surface area (Å²) < 4.78 is 7.32. The molecule has 1 N–H and O–H groups in total. The molecule has 0 aliphatic heterocycles. The molecule has 1 aromatic heterocycles. The van der Waals surface area contributed by atoms with E-state index < -0.39 is 0 Å². The Hall–Kier alpha value is -3.33. The van der Waals surface area contributed by atoms with Gasteiger partial charge in [0.15, 0.2) is 0 Å². The number of hydrogen-bond donors (Lipinski definition) is 1. The van der Waals surface area contributed by atoms with E-state index in [4.69, 9.17) is 10.00 Å². The minimum Gasteiger partial charge on any atom is -0.492 e. The fourth-order valence-electron chi connectivity index (χ4n) is 2.06. The summed E-state index contributed by atoms with van der Waals surface area (Å²) in [6, 6.07) is 17.1. The van der Waals surface area contributed by atoms with E-state index in [2.05, 4.69) is 21.5 Å². The highest BCUT2D eigenvalue weighted by Crippen LogP contribution is 2.13. The molecule has 0 fully saturated rings. The minimum atomic E-state index is 0.538. The van der Waals surface area contributed by atoms with Crippen LogP contribution in [0, 0.1) is 11.3 Å². The molecule has 23 heavy (non-hydrogen) atoms. The van der Waals surface area contributed by atoms with E-state index in [1.807, 2.05) is 24.3 Å². The number of hydrogen-bond acceptors (Lipinski definition) is 5. The average molecular weight is 305 g/mol. The van der Waals surface area contributed by atoms with E-state index in [1.165, 1.54) is 6.33 Å². The number of ether oxygens (including phenoxy) is 1. The molecule has 0 amide bonds. The van der Waals surface area contributed by atoms with E-state index in [0.29, 0.717) is 18.7 Å². The van der Waals surface area contributed by atoms with Crippen molar-refractivity contribution < 1.29 is 4.74 Å². The molecule has 0 aliphatic rings. The van der Waals surface area contributed by atoms with Crippen molar-refractivity contribution >= 4 is 5.69 Å². The van der Waals surface area contributed by atoms with Gasteiger partial charge in [0, 0.05) is 12.2 Å². The highest BCUT2D eigenvalue weighted by Gasteiger charge is 1.98. The summed E-state index contributed by atoms with van der Waals surface area (Å²) >= 11 is 0. The maximum Gasteiger partial charge on any atom is 0.138 e. The third-order valence-corrected chi connectivity index (χ3v) is 3.23. The van der Waals surface area contributed by atoms with E-state index in [9.17, 15) is 0 Å². The van der Waals surface area contributed by atoms with Crippen LogP contribution in [0.1, 0.15) is 5.56 Å². The van der Waals surface area contributed by atoms with E-state index in [0.717, 1.165) is 17.1 Å². The third kappa shape index (κ3) is 3.86. The number of nitriles is 1. The summed E-state index contributed by atoms with van der Waals surface area (Å²) in [5.74, 6) is 0.757. The van der Waals surface area contributed by atoms with Crippen LogP contribution in [0.3, 0.4) is 0 Å². The van der Waals surface area contributed by atoms with E-state index in [-0.39, 0.29) is 0 Å². The van der Waals surface area contributed by atoms with Crippen LogP contribution in [-0.4, -0.2) is 27.9 Å². The summed E-state index contributed by atoms with van der Waals surface area (Å²) in [5, 5.41) is 16.1. The van der Waals surface area contributed by atoms with Gasteiger partial charge in [0.05, 0.1) is 17.3 Å². The van der Waals surface area contributed by atoms with Crippen LogP contribution in [0.25, 0.3) is 5.69 Å². The Morgan fingerprint density at radius 3 is 2.52 bits per heavy atom. The van der Waals surface area contributed by atoms with Crippen LogP contribution in [0.4, 0.5) is 5.69 Å². The monoisotopic (exact) mass is 305 g/mol. The molecule has 6 nitrogen and oxygen atoms in total. The Kier molecular flexibility index (Phi) is 4.50. The second-order valence-corrected chi connectivity index (χ2v) is 4.80. The normalized spacial score (nSPS) is 10.0. The number of benzene rings is 2. The molecule has 0 aliphatic carbocycles. The van der Waals surface area contributed by atoms with Crippen molar-refractivity contribution in [3.63, 3.8) is 0 Å². The van der Waals surface area contributed by atoms with Gasteiger partial charge < -0.3 is 10.1 Å². The van der Waals surface area contributed by atoms with Crippen LogP contribution in [0.15, 0.2) is 61.2 Å². The van der Waals surface area contributed by atoms with Gasteiger partial charge in [-0.3, -0.25) is 0 Å². The first-order valence-electron chi connectivity index (χ1n) is 7.17. The van der Waals surface area contributed by atoms with Crippen molar-refractivity contribution in [2.45, 2.75) is 0 Å². The van der Waals surface area contributed by atoms with Crippen molar-refractivity contribution in [3.05, 3.63) is 66.7 Å². The van der Waals surface area contributed by atoms with E-state index in [1.54, 1.807) is 35.3 Å².